The fraction of sp³-hybridized carbons (Fsp3) is 0.462. The molecule has 0 spiro atoms. The van der Waals surface area contributed by atoms with Gasteiger partial charge in [-0.1, -0.05) is 12.1 Å². The van der Waals surface area contributed by atoms with Crippen LogP contribution in [0.3, 0.4) is 0 Å². The first-order valence-electron chi connectivity index (χ1n) is 5.84. The van der Waals surface area contributed by atoms with Gasteiger partial charge in [-0.25, -0.2) is 4.39 Å². The number of aliphatic carboxylic acids is 1. The van der Waals surface area contributed by atoms with Crippen LogP contribution in [-0.4, -0.2) is 30.8 Å². The lowest BCUT2D eigenvalue weighted by atomic mass is 9.78. The molecular weight excluding hydrogens is 237 g/mol. The summed E-state index contributed by atoms with van der Waals surface area (Å²) in [6, 6.07) is 5.55. The molecule has 0 fully saturated rings. The van der Waals surface area contributed by atoms with Crippen molar-refractivity contribution in [1.29, 1.82) is 0 Å². The molecule has 1 aromatic carbocycles. The van der Waals surface area contributed by atoms with Gasteiger partial charge in [-0.3, -0.25) is 4.79 Å². The van der Waals surface area contributed by atoms with Crippen LogP contribution in [0.1, 0.15) is 18.9 Å². The van der Waals surface area contributed by atoms with Gasteiger partial charge < -0.3 is 15.6 Å². The molecule has 3 N–H and O–H groups in total. The minimum absolute atomic E-state index is 0.0984. The van der Waals surface area contributed by atoms with Crippen molar-refractivity contribution in [2.45, 2.75) is 18.8 Å². The molecule has 1 rings (SSSR count). The molecule has 5 heteroatoms. The monoisotopic (exact) mass is 255 g/mol. The van der Waals surface area contributed by atoms with Crippen LogP contribution in [0.25, 0.3) is 0 Å². The summed E-state index contributed by atoms with van der Waals surface area (Å²) in [7, 11) is 0. The highest BCUT2D eigenvalue weighted by Crippen LogP contribution is 2.28. The van der Waals surface area contributed by atoms with Crippen LogP contribution < -0.4 is 5.73 Å². The maximum Gasteiger partial charge on any atom is 0.315 e. The van der Waals surface area contributed by atoms with E-state index >= 15 is 0 Å². The van der Waals surface area contributed by atoms with Gasteiger partial charge in [-0.2, -0.15) is 0 Å². The lowest BCUT2D eigenvalue weighted by Crippen LogP contribution is -2.44. The van der Waals surface area contributed by atoms with Crippen LogP contribution in [0, 0.1) is 5.82 Å². The van der Waals surface area contributed by atoms with E-state index in [0.29, 0.717) is 12.2 Å². The Balaban J connectivity index is 3.06. The summed E-state index contributed by atoms with van der Waals surface area (Å²) < 4.78 is 18.4. The van der Waals surface area contributed by atoms with Crippen molar-refractivity contribution in [2.75, 3.05) is 19.8 Å². The molecule has 100 valence electrons. The molecule has 0 aliphatic rings. The van der Waals surface area contributed by atoms with E-state index < -0.39 is 17.2 Å². The van der Waals surface area contributed by atoms with Crippen molar-refractivity contribution in [2.24, 2.45) is 5.73 Å². The molecule has 1 atom stereocenters. The predicted molar refractivity (Wildman–Crippen MR) is 65.9 cm³/mol. The van der Waals surface area contributed by atoms with Gasteiger partial charge in [0.25, 0.3) is 0 Å². The highest BCUT2D eigenvalue weighted by atomic mass is 19.1. The van der Waals surface area contributed by atoms with E-state index in [1.807, 2.05) is 6.92 Å². The number of carboxylic acid groups (broad SMARTS) is 1. The largest absolute Gasteiger partial charge is 0.481 e. The molecule has 0 bridgehead atoms. The van der Waals surface area contributed by atoms with E-state index in [1.165, 1.54) is 18.2 Å². The number of benzene rings is 1. The molecule has 0 amide bonds. The van der Waals surface area contributed by atoms with Crippen LogP contribution in [0.4, 0.5) is 4.39 Å². The molecule has 1 unspecified atom stereocenters. The topological polar surface area (TPSA) is 72.5 Å². The summed E-state index contributed by atoms with van der Waals surface area (Å²) in [5, 5.41) is 9.41. The highest BCUT2D eigenvalue weighted by molar-refractivity contribution is 5.81. The number of carboxylic acids is 1. The third kappa shape index (κ3) is 3.05. The van der Waals surface area contributed by atoms with E-state index in [4.69, 9.17) is 10.5 Å². The lowest BCUT2D eigenvalue weighted by molar-refractivity contribution is -0.144. The quantitative estimate of drug-likeness (QED) is 0.725. The molecule has 4 nitrogen and oxygen atoms in total. The Hall–Kier alpha value is -1.46. The van der Waals surface area contributed by atoms with E-state index in [2.05, 4.69) is 0 Å². The van der Waals surface area contributed by atoms with Crippen LogP contribution in [0.5, 0.6) is 0 Å². The Morgan fingerprint density at radius 3 is 2.78 bits per heavy atom. The Morgan fingerprint density at radius 1 is 1.56 bits per heavy atom. The summed E-state index contributed by atoms with van der Waals surface area (Å²) in [6.45, 7) is 2.51. The SMILES string of the molecule is CCOCCC(CN)(C(=O)O)c1cccc(F)c1. The van der Waals surface area contributed by atoms with Crippen molar-refractivity contribution in [3.8, 4) is 0 Å². The number of carbonyl (C=O) groups is 1. The smallest absolute Gasteiger partial charge is 0.315 e. The average Bonchev–Trinajstić information content (AvgIpc) is 2.34. The van der Waals surface area contributed by atoms with Crippen molar-refractivity contribution in [3.05, 3.63) is 35.6 Å². The number of hydrogen-bond donors (Lipinski definition) is 2. The molecule has 0 heterocycles. The predicted octanol–water partition coefficient (Wildman–Crippen LogP) is 1.53. The molecule has 1 aromatic rings. The van der Waals surface area contributed by atoms with E-state index in [0.717, 1.165) is 0 Å². The van der Waals surface area contributed by atoms with Gasteiger partial charge in [0.15, 0.2) is 0 Å². The fourth-order valence-electron chi connectivity index (χ4n) is 1.86. The Labute approximate surface area is 106 Å². The first kappa shape index (κ1) is 14.6. The maximum absolute atomic E-state index is 13.2. The fourth-order valence-corrected chi connectivity index (χ4v) is 1.86. The Kier molecular flexibility index (Phi) is 5.25. The van der Waals surface area contributed by atoms with Crippen LogP contribution in [0.2, 0.25) is 0 Å². The van der Waals surface area contributed by atoms with E-state index in [-0.39, 0.29) is 19.6 Å². The average molecular weight is 255 g/mol. The minimum atomic E-state index is -1.29. The number of nitrogens with two attached hydrogens (primary N) is 1. The second-order valence-corrected chi connectivity index (χ2v) is 4.05. The summed E-state index contributed by atoms with van der Waals surface area (Å²) in [5.41, 5.74) is 4.69. The molecule has 0 saturated heterocycles. The molecule has 0 aliphatic heterocycles. The van der Waals surface area contributed by atoms with E-state index in [1.54, 1.807) is 6.07 Å². The van der Waals surface area contributed by atoms with Gasteiger partial charge in [-0.05, 0) is 31.0 Å². The maximum atomic E-state index is 13.2. The first-order chi connectivity index (χ1) is 8.56. The van der Waals surface area contributed by atoms with Crippen molar-refractivity contribution in [1.82, 2.24) is 0 Å². The standard InChI is InChI=1S/C13H18FNO3/c1-2-18-7-6-13(9-15,12(16)17)10-4-3-5-11(14)8-10/h3-5,8H,2,6-7,9,15H2,1H3,(H,16,17). The number of ether oxygens (including phenoxy) is 1. The van der Waals surface area contributed by atoms with Gasteiger partial charge >= 0.3 is 5.97 Å². The van der Waals surface area contributed by atoms with Crippen molar-refractivity contribution >= 4 is 5.97 Å². The van der Waals surface area contributed by atoms with Crippen LogP contribution in [-0.2, 0) is 14.9 Å². The van der Waals surface area contributed by atoms with Gasteiger partial charge in [0.05, 0.1) is 0 Å². The normalized spacial score (nSPS) is 14.2. The number of hydrogen-bond acceptors (Lipinski definition) is 3. The molecule has 18 heavy (non-hydrogen) atoms. The minimum Gasteiger partial charge on any atom is -0.481 e. The van der Waals surface area contributed by atoms with Gasteiger partial charge in [0.1, 0.15) is 11.2 Å². The summed E-state index contributed by atoms with van der Waals surface area (Å²) in [4.78, 5) is 11.5. The molecule has 0 aromatic heterocycles. The first-order valence-corrected chi connectivity index (χ1v) is 5.84. The van der Waals surface area contributed by atoms with E-state index in [9.17, 15) is 14.3 Å². The molecular formula is C13H18FNO3. The van der Waals surface area contributed by atoms with Crippen molar-refractivity contribution in [3.63, 3.8) is 0 Å². The Bertz CT molecular complexity index is 411. The van der Waals surface area contributed by atoms with Gasteiger partial charge in [0.2, 0.25) is 0 Å². The van der Waals surface area contributed by atoms with Crippen LogP contribution >= 0.6 is 0 Å². The zero-order chi connectivity index (χ0) is 13.6. The highest BCUT2D eigenvalue weighted by Gasteiger charge is 2.39. The molecule has 0 radical (unpaired) electrons. The Morgan fingerprint density at radius 2 is 2.28 bits per heavy atom. The zero-order valence-corrected chi connectivity index (χ0v) is 10.4. The van der Waals surface area contributed by atoms with Crippen LogP contribution in [0.15, 0.2) is 24.3 Å². The van der Waals surface area contributed by atoms with Crippen molar-refractivity contribution < 1.29 is 19.0 Å². The lowest BCUT2D eigenvalue weighted by Gasteiger charge is -2.28. The van der Waals surface area contributed by atoms with Gasteiger partial charge in [-0.15, -0.1) is 0 Å². The number of rotatable bonds is 7. The zero-order valence-electron chi connectivity index (χ0n) is 10.4. The van der Waals surface area contributed by atoms with Gasteiger partial charge in [0, 0.05) is 19.8 Å². The molecule has 0 saturated carbocycles. The third-order valence-corrected chi connectivity index (χ3v) is 3.01. The summed E-state index contributed by atoms with van der Waals surface area (Å²) in [6.07, 6.45) is 0.218. The third-order valence-electron chi connectivity index (χ3n) is 3.01. The second kappa shape index (κ2) is 6.47. The number of halogens is 1. The summed E-state index contributed by atoms with van der Waals surface area (Å²) in [5.74, 6) is -1.53. The summed E-state index contributed by atoms with van der Waals surface area (Å²) >= 11 is 0. The second-order valence-electron chi connectivity index (χ2n) is 4.05. The molecule has 0 aliphatic carbocycles.